The van der Waals surface area contributed by atoms with Crippen LogP contribution in [0.5, 0.6) is 11.5 Å². The van der Waals surface area contributed by atoms with Crippen LogP contribution in [-0.2, 0) is 11.3 Å². The molecule has 1 heterocycles. The lowest BCUT2D eigenvalue weighted by Gasteiger charge is -2.20. The van der Waals surface area contributed by atoms with Gasteiger partial charge in [0.2, 0.25) is 5.91 Å². The summed E-state index contributed by atoms with van der Waals surface area (Å²) >= 11 is 5.28. The summed E-state index contributed by atoms with van der Waals surface area (Å²) in [7, 11) is 3.06. The number of amides is 1. The molecule has 0 radical (unpaired) electrons. The Kier molecular flexibility index (Phi) is 6.75. The zero-order valence-electron chi connectivity index (χ0n) is 15.7. The quantitative estimate of drug-likeness (QED) is 0.615. The Bertz CT molecular complexity index is 936. The second kappa shape index (κ2) is 8.83. The highest BCUT2D eigenvalue weighted by molar-refractivity contribution is 7.71. The van der Waals surface area contributed by atoms with Gasteiger partial charge in [-0.05, 0) is 38.2 Å². The Morgan fingerprint density at radius 2 is 2.00 bits per heavy atom. The third-order valence-corrected chi connectivity index (χ3v) is 4.52. The summed E-state index contributed by atoms with van der Waals surface area (Å²) in [5.41, 5.74) is 6.51. The highest BCUT2D eigenvalue weighted by Gasteiger charge is 2.17. The lowest BCUT2D eigenvalue weighted by molar-refractivity contribution is -0.122. The van der Waals surface area contributed by atoms with Crippen molar-refractivity contribution in [2.24, 2.45) is 5.73 Å². The van der Waals surface area contributed by atoms with Gasteiger partial charge in [0, 0.05) is 29.8 Å². The van der Waals surface area contributed by atoms with Crippen LogP contribution in [0.2, 0.25) is 0 Å². The molecule has 0 aliphatic rings. The SMILES string of the molecule is COc1ccc(-c2cc(=O)[nH]c(=S)n2CC(=O)N[C@H](C)[C@@H](C)N)c(OC)c1. The first-order valence-electron chi connectivity index (χ1n) is 8.38. The molecule has 0 saturated carbocycles. The molecule has 146 valence electrons. The van der Waals surface area contributed by atoms with Crippen LogP contribution < -0.4 is 26.1 Å². The van der Waals surface area contributed by atoms with E-state index in [2.05, 4.69) is 10.3 Å². The van der Waals surface area contributed by atoms with Gasteiger partial charge in [-0.25, -0.2) is 0 Å². The average molecular weight is 392 g/mol. The van der Waals surface area contributed by atoms with Crippen LogP contribution in [0.4, 0.5) is 0 Å². The Balaban J connectivity index is 2.51. The molecule has 0 fully saturated rings. The van der Waals surface area contributed by atoms with Crippen molar-refractivity contribution in [2.45, 2.75) is 32.5 Å². The van der Waals surface area contributed by atoms with Crippen molar-refractivity contribution in [1.82, 2.24) is 14.9 Å². The summed E-state index contributed by atoms with van der Waals surface area (Å²) in [6.07, 6.45) is 0. The molecular formula is C18H24N4O4S. The van der Waals surface area contributed by atoms with Gasteiger partial charge in [-0.3, -0.25) is 14.6 Å². The predicted molar refractivity (Wildman–Crippen MR) is 106 cm³/mol. The van der Waals surface area contributed by atoms with Crippen LogP contribution in [-0.4, -0.2) is 41.8 Å². The number of aromatic amines is 1. The molecule has 0 spiro atoms. The van der Waals surface area contributed by atoms with Crippen LogP contribution in [0.25, 0.3) is 11.3 Å². The first kappa shape index (κ1) is 20.7. The van der Waals surface area contributed by atoms with E-state index in [0.29, 0.717) is 22.8 Å². The van der Waals surface area contributed by atoms with Crippen molar-refractivity contribution in [1.29, 1.82) is 0 Å². The number of benzene rings is 1. The van der Waals surface area contributed by atoms with E-state index < -0.39 is 0 Å². The third-order valence-electron chi connectivity index (χ3n) is 4.20. The fraction of sp³-hybridized carbons (Fsp3) is 0.389. The number of H-pyrrole nitrogens is 1. The molecule has 9 heteroatoms. The summed E-state index contributed by atoms with van der Waals surface area (Å²) in [5, 5.41) is 2.82. The minimum atomic E-state index is -0.367. The fourth-order valence-corrected chi connectivity index (χ4v) is 2.75. The summed E-state index contributed by atoms with van der Waals surface area (Å²) in [4.78, 5) is 27.0. The molecule has 0 bridgehead atoms. The topological polar surface area (TPSA) is 111 Å². The van der Waals surface area contributed by atoms with Gasteiger partial charge in [-0.15, -0.1) is 0 Å². The minimum Gasteiger partial charge on any atom is -0.497 e. The van der Waals surface area contributed by atoms with E-state index in [0.717, 1.165) is 0 Å². The van der Waals surface area contributed by atoms with Gasteiger partial charge >= 0.3 is 0 Å². The molecule has 2 aromatic rings. The van der Waals surface area contributed by atoms with Crippen molar-refractivity contribution in [3.05, 3.63) is 39.4 Å². The number of hydrogen-bond acceptors (Lipinski definition) is 6. The minimum absolute atomic E-state index is 0.0722. The van der Waals surface area contributed by atoms with Crippen LogP contribution in [0, 0.1) is 4.77 Å². The van der Waals surface area contributed by atoms with Gasteiger partial charge < -0.3 is 25.1 Å². The van der Waals surface area contributed by atoms with Crippen molar-refractivity contribution in [2.75, 3.05) is 14.2 Å². The van der Waals surface area contributed by atoms with E-state index in [1.807, 2.05) is 13.8 Å². The second-order valence-corrected chi connectivity index (χ2v) is 6.58. The molecule has 27 heavy (non-hydrogen) atoms. The van der Waals surface area contributed by atoms with E-state index in [1.54, 1.807) is 29.9 Å². The molecule has 1 amide bonds. The van der Waals surface area contributed by atoms with Crippen LogP contribution in [0.1, 0.15) is 13.8 Å². The summed E-state index contributed by atoms with van der Waals surface area (Å²) in [6, 6.07) is 6.17. The monoisotopic (exact) mass is 392 g/mol. The number of rotatable bonds is 7. The molecule has 2 atom stereocenters. The molecule has 4 N–H and O–H groups in total. The maximum Gasteiger partial charge on any atom is 0.252 e. The maximum absolute atomic E-state index is 12.4. The Morgan fingerprint density at radius 1 is 1.30 bits per heavy atom. The molecule has 1 aromatic heterocycles. The zero-order valence-corrected chi connectivity index (χ0v) is 16.6. The van der Waals surface area contributed by atoms with Crippen molar-refractivity contribution in [3.63, 3.8) is 0 Å². The van der Waals surface area contributed by atoms with E-state index >= 15 is 0 Å². The predicted octanol–water partition coefficient (Wildman–Crippen LogP) is 1.44. The Labute approximate surface area is 162 Å². The lowest BCUT2D eigenvalue weighted by atomic mass is 10.1. The maximum atomic E-state index is 12.4. The van der Waals surface area contributed by atoms with Crippen molar-refractivity contribution in [3.8, 4) is 22.8 Å². The normalized spacial score (nSPS) is 12.9. The first-order chi connectivity index (χ1) is 12.8. The third kappa shape index (κ3) is 4.95. The van der Waals surface area contributed by atoms with E-state index in [-0.39, 0.29) is 34.9 Å². The molecule has 1 aromatic carbocycles. The number of carbonyl (C=O) groups excluding carboxylic acids is 1. The number of nitrogens with zero attached hydrogens (tertiary/aromatic N) is 1. The van der Waals surface area contributed by atoms with Gasteiger partial charge in [0.15, 0.2) is 4.77 Å². The number of nitrogens with two attached hydrogens (primary N) is 1. The molecule has 0 aliphatic heterocycles. The molecule has 8 nitrogen and oxygen atoms in total. The average Bonchev–Trinajstić information content (AvgIpc) is 2.62. The Morgan fingerprint density at radius 3 is 2.59 bits per heavy atom. The zero-order chi connectivity index (χ0) is 20.1. The molecular weight excluding hydrogens is 368 g/mol. The number of carbonyl (C=O) groups is 1. The molecule has 0 aliphatic carbocycles. The van der Waals surface area contributed by atoms with Gasteiger partial charge in [0.1, 0.15) is 18.0 Å². The Hall–Kier alpha value is -2.65. The van der Waals surface area contributed by atoms with Crippen LogP contribution >= 0.6 is 12.2 Å². The van der Waals surface area contributed by atoms with Crippen molar-refractivity contribution >= 4 is 18.1 Å². The largest absolute Gasteiger partial charge is 0.497 e. The number of ether oxygens (including phenoxy) is 2. The van der Waals surface area contributed by atoms with Crippen LogP contribution in [0.3, 0.4) is 0 Å². The summed E-state index contributed by atoms with van der Waals surface area (Å²) in [5.74, 6) is 0.832. The standard InChI is InChI=1S/C18H24N4O4S/c1-10(19)11(2)20-17(24)9-22-14(8-16(23)21-18(22)27)13-6-5-12(25-3)7-15(13)26-4/h5-8,10-11H,9,19H2,1-4H3,(H,20,24)(H,21,23,27)/t10-,11-/m1/s1. The number of nitrogens with one attached hydrogen (secondary N) is 2. The molecule has 2 rings (SSSR count). The van der Waals surface area contributed by atoms with Gasteiger partial charge in [-0.2, -0.15) is 0 Å². The number of aromatic nitrogens is 2. The lowest BCUT2D eigenvalue weighted by Crippen LogP contribution is -2.45. The molecule has 0 unspecified atom stereocenters. The summed E-state index contributed by atoms with van der Waals surface area (Å²) in [6.45, 7) is 3.56. The molecule has 0 saturated heterocycles. The number of methoxy groups -OCH3 is 2. The van der Waals surface area contributed by atoms with Crippen molar-refractivity contribution < 1.29 is 14.3 Å². The smallest absolute Gasteiger partial charge is 0.252 e. The van der Waals surface area contributed by atoms with Crippen LogP contribution in [0.15, 0.2) is 29.1 Å². The summed E-state index contributed by atoms with van der Waals surface area (Å²) < 4.78 is 12.3. The number of hydrogen-bond donors (Lipinski definition) is 3. The van der Waals surface area contributed by atoms with E-state index in [1.165, 1.54) is 13.2 Å². The highest BCUT2D eigenvalue weighted by atomic mass is 32.1. The van der Waals surface area contributed by atoms with E-state index in [9.17, 15) is 9.59 Å². The van der Waals surface area contributed by atoms with Gasteiger partial charge in [0.25, 0.3) is 5.56 Å². The fourth-order valence-electron chi connectivity index (χ4n) is 2.49. The van der Waals surface area contributed by atoms with E-state index in [4.69, 9.17) is 27.4 Å². The second-order valence-electron chi connectivity index (χ2n) is 6.19. The first-order valence-corrected chi connectivity index (χ1v) is 8.79. The van der Waals surface area contributed by atoms with Gasteiger partial charge in [-0.1, -0.05) is 0 Å². The highest BCUT2D eigenvalue weighted by Crippen LogP contribution is 2.32. The van der Waals surface area contributed by atoms with Gasteiger partial charge in [0.05, 0.1) is 19.9 Å².